The molecule has 8 nitrogen and oxygen atoms in total. The number of aryl methyl sites for hydroxylation is 1. The molecule has 0 spiro atoms. The van der Waals surface area contributed by atoms with E-state index in [1.54, 1.807) is 41.8 Å². The standard InChI is InChI=1S/C16H15ClN4O4S/c1-11-18-19-16-14(7-4-8-20(11)16)26(23,24)21(10-15(22)25-2)13-6-3-5-12(17)9-13/h3-9H,10H2,1-2H3. The van der Waals surface area contributed by atoms with Gasteiger partial charge in [0.25, 0.3) is 10.0 Å². The van der Waals surface area contributed by atoms with Crippen molar-refractivity contribution in [3.8, 4) is 0 Å². The molecule has 0 aliphatic carbocycles. The zero-order valence-corrected chi connectivity index (χ0v) is 15.5. The monoisotopic (exact) mass is 394 g/mol. The second kappa shape index (κ2) is 6.93. The molecule has 0 N–H and O–H groups in total. The van der Waals surface area contributed by atoms with Crippen molar-refractivity contribution in [1.29, 1.82) is 0 Å². The molecule has 0 bridgehead atoms. The molecular weight excluding hydrogens is 380 g/mol. The van der Waals surface area contributed by atoms with Crippen molar-refractivity contribution in [2.24, 2.45) is 0 Å². The topological polar surface area (TPSA) is 93.9 Å². The summed E-state index contributed by atoms with van der Waals surface area (Å²) in [6.07, 6.45) is 1.66. The van der Waals surface area contributed by atoms with Crippen molar-refractivity contribution in [2.45, 2.75) is 11.8 Å². The molecule has 10 heteroatoms. The SMILES string of the molecule is COC(=O)CN(c1cccc(Cl)c1)S(=O)(=O)c1cccn2c(C)nnc12. The van der Waals surface area contributed by atoms with E-state index in [4.69, 9.17) is 11.6 Å². The molecule has 0 radical (unpaired) electrons. The number of carbonyl (C=O) groups is 1. The van der Waals surface area contributed by atoms with Gasteiger partial charge in [-0.15, -0.1) is 10.2 Å². The number of pyridine rings is 1. The summed E-state index contributed by atoms with van der Waals surface area (Å²) in [5.74, 6) is -0.169. The number of anilines is 1. The predicted molar refractivity (Wildman–Crippen MR) is 95.7 cm³/mol. The fourth-order valence-corrected chi connectivity index (χ4v) is 4.16. The van der Waals surface area contributed by atoms with Gasteiger partial charge in [-0.2, -0.15) is 0 Å². The Hall–Kier alpha value is -2.65. The lowest BCUT2D eigenvalue weighted by atomic mass is 10.3. The first-order chi connectivity index (χ1) is 12.3. The zero-order chi connectivity index (χ0) is 18.9. The highest BCUT2D eigenvalue weighted by Crippen LogP contribution is 2.27. The van der Waals surface area contributed by atoms with Gasteiger partial charge in [-0.3, -0.25) is 13.5 Å². The first kappa shape index (κ1) is 18.2. The summed E-state index contributed by atoms with van der Waals surface area (Å²) in [7, 11) is -2.95. The van der Waals surface area contributed by atoms with Gasteiger partial charge < -0.3 is 4.74 Å². The number of aromatic nitrogens is 3. The molecule has 0 aliphatic rings. The number of halogens is 1. The smallest absolute Gasteiger partial charge is 0.326 e. The lowest BCUT2D eigenvalue weighted by Gasteiger charge is -2.23. The predicted octanol–water partition coefficient (Wildman–Crippen LogP) is 2.06. The molecule has 0 fully saturated rings. The molecule has 0 aliphatic heterocycles. The lowest BCUT2D eigenvalue weighted by Crippen LogP contribution is -2.36. The highest BCUT2D eigenvalue weighted by Gasteiger charge is 2.30. The molecule has 2 aromatic heterocycles. The number of hydrogen-bond acceptors (Lipinski definition) is 6. The maximum atomic E-state index is 13.3. The summed E-state index contributed by atoms with van der Waals surface area (Å²) >= 11 is 5.99. The van der Waals surface area contributed by atoms with Gasteiger partial charge in [0.1, 0.15) is 17.3 Å². The Morgan fingerprint density at radius 1 is 1.27 bits per heavy atom. The van der Waals surface area contributed by atoms with E-state index in [9.17, 15) is 13.2 Å². The number of rotatable bonds is 5. The number of esters is 1. The number of sulfonamides is 1. The summed E-state index contributed by atoms with van der Waals surface area (Å²) < 4.78 is 33.8. The highest BCUT2D eigenvalue weighted by molar-refractivity contribution is 7.93. The highest BCUT2D eigenvalue weighted by atomic mass is 35.5. The largest absolute Gasteiger partial charge is 0.468 e. The van der Waals surface area contributed by atoms with E-state index in [1.165, 1.54) is 19.2 Å². The zero-order valence-electron chi connectivity index (χ0n) is 14.0. The molecule has 26 heavy (non-hydrogen) atoms. The lowest BCUT2D eigenvalue weighted by molar-refractivity contribution is -0.138. The fourth-order valence-electron chi connectivity index (χ4n) is 2.46. The third-order valence-electron chi connectivity index (χ3n) is 3.73. The van der Waals surface area contributed by atoms with Crippen molar-refractivity contribution in [1.82, 2.24) is 14.6 Å². The second-order valence-electron chi connectivity index (χ2n) is 5.38. The Bertz CT molecular complexity index is 1080. The number of hydrogen-bond donors (Lipinski definition) is 0. The molecule has 0 saturated carbocycles. The van der Waals surface area contributed by atoms with Crippen LogP contribution in [0.15, 0.2) is 47.5 Å². The van der Waals surface area contributed by atoms with Crippen molar-refractivity contribution in [3.05, 3.63) is 53.4 Å². The van der Waals surface area contributed by atoms with E-state index in [-0.39, 0.29) is 16.2 Å². The minimum atomic E-state index is -4.14. The van der Waals surface area contributed by atoms with Crippen LogP contribution in [0.1, 0.15) is 5.82 Å². The van der Waals surface area contributed by atoms with Crippen LogP contribution >= 0.6 is 11.6 Å². The van der Waals surface area contributed by atoms with E-state index < -0.39 is 22.5 Å². The third-order valence-corrected chi connectivity index (χ3v) is 5.76. The number of fused-ring (bicyclic) bond motifs is 1. The fraction of sp³-hybridized carbons (Fsp3) is 0.188. The van der Waals surface area contributed by atoms with Crippen LogP contribution < -0.4 is 4.31 Å². The van der Waals surface area contributed by atoms with Crippen LogP contribution in [0.3, 0.4) is 0 Å². The molecule has 1 aromatic carbocycles. The molecule has 0 saturated heterocycles. The number of methoxy groups -OCH3 is 1. The van der Waals surface area contributed by atoms with Crippen LogP contribution in [0.2, 0.25) is 5.02 Å². The van der Waals surface area contributed by atoms with Gasteiger partial charge in [0.05, 0.1) is 12.8 Å². The molecule has 3 rings (SSSR count). The Balaban J connectivity index is 2.19. The summed E-state index contributed by atoms with van der Waals surface area (Å²) in [6, 6.07) is 9.19. The summed E-state index contributed by atoms with van der Waals surface area (Å²) in [5.41, 5.74) is 0.406. The molecule has 3 aromatic rings. The Labute approximate surface area is 155 Å². The number of benzene rings is 1. The summed E-state index contributed by atoms with van der Waals surface area (Å²) in [4.78, 5) is 11.8. The molecule has 136 valence electrons. The summed E-state index contributed by atoms with van der Waals surface area (Å²) in [6.45, 7) is 1.20. The van der Waals surface area contributed by atoms with Gasteiger partial charge in [-0.25, -0.2) is 8.42 Å². The maximum absolute atomic E-state index is 13.3. The van der Waals surface area contributed by atoms with Gasteiger partial charge in [0, 0.05) is 11.2 Å². The first-order valence-electron chi connectivity index (χ1n) is 7.50. The van der Waals surface area contributed by atoms with Gasteiger partial charge in [-0.1, -0.05) is 17.7 Å². The number of nitrogens with zero attached hydrogens (tertiary/aromatic N) is 4. The van der Waals surface area contributed by atoms with Crippen LogP contribution in [-0.2, 0) is 19.6 Å². The number of carbonyl (C=O) groups excluding carboxylic acids is 1. The number of ether oxygens (including phenoxy) is 1. The Morgan fingerprint density at radius 2 is 2.04 bits per heavy atom. The van der Waals surface area contributed by atoms with Crippen molar-refractivity contribution in [3.63, 3.8) is 0 Å². The molecular formula is C16H15ClN4O4S. The average Bonchev–Trinajstić information content (AvgIpc) is 3.00. The molecule has 0 unspecified atom stereocenters. The normalized spacial score (nSPS) is 11.5. The quantitative estimate of drug-likeness (QED) is 0.615. The van der Waals surface area contributed by atoms with Gasteiger partial charge >= 0.3 is 5.97 Å². The van der Waals surface area contributed by atoms with E-state index >= 15 is 0 Å². The molecule has 0 atom stereocenters. The Morgan fingerprint density at radius 3 is 2.73 bits per heavy atom. The molecule has 2 heterocycles. The van der Waals surface area contributed by atoms with Crippen LogP contribution in [0.4, 0.5) is 5.69 Å². The minimum Gasteiger partial charge on any atom is -0.468 e. The molecule has 0 amide bonds. The van der Waals surface area contributed by atoms with Crippen LogP contribution in [-0.4, -0.2) is 42.6 Å². The first-order valence-corrected chi connectivity index (χ1v) is 9.32. The minimum absolute atomic E-state index is 0.0792. The summed E-state index contributed by atoms with van der Waals surface area (Å²) in [5, 5.41) is 8.19. The Kier molecular flexibility index (Phi) is 4.84. The average molecular weight is 395 g/mol. The second-order valence-corrected chi connectivity index (χ2v) is 7.65. The van der Waals surface area contributed by atoms with Gasteiger partial charge in [-0.05, 0) is 37.3 Å². The van der Waals surface area contributed by atoms with Crippen LogP contribution in [0.5, 0.6) is 0 Å². The third kappa shape index (κ3) is 3.23. The van der Waals surface area contributed by atoms with E-state index in [0.29, 0.717) is 10.8 Å². The van der Waals surface area contributed by atoms with Crippen LogP contribution in [0.25, 0.3) is 5.65 Å². The van der Waals surface area contributed by atoms with Gasteiger partial charge in [0.2, 0.25) is 0 Å². The van der Waals surface area contributed by atoms with E-state index in [1.807, 2.05) is 0 Å². The van der Waals surface area contributed by atoms with Crippen molar-refractivity contribution < 1.29 is 17.9 Å². The van der Waals surface area contributed by atoms with E-state index in [2.05, 4.69) is 14.9 Å². The van der Waals surface area contributed by atoms with E-state index in [0.717, 1.165) is 4.31 Å². The van der Waals surface area contributed by atoms with Crippen molar-refractivity contribution in [2.75, 3.05) is 18.0 Å². The van der Waals surface area contributed by atoms with Crippen LogP contribution in [0, 0.1) is 6.92 Å². The van der Waals surface area contributed by atoms with Crippen molar-refractivity contribution >= 4 is 38.9 Å². The van der Waals surface area contributed by atoms with Gasteiger partial charge in [0.15, 0.2) is 5.65 Å². The maximum Gasteiger partial charge on any atom is 0.326 e.